The topological polar surface area (TPSA) is 46.6 Å². The first-order valence-corrected chi connectivity index (χ1v) is 13.2. The van der Waals surface area contributed by atoms with Gasteiger partial charge >= 0.3 is 0 Å². The molecule has 0 atom stereocenters. The number of hydrogen-bond donors (Lipinski definition) is 0. The maximum Gasteiger partial charge on any atom is 0.293 e. The van der Waals surface area contributed by atoms with Crippen LogP contribution < -0.4 is 4.74 Å². The SMILES string of the molecule is O=C1S/C(=C/c2cc(Cl)c(OCc3ccc(I)cc3)c(Cl)c2)C(=O)N1CC1CCCCC1. The Kier molecular flexibility index (Phi) is 8.08. The molecule has 168 valence electrons. The highest BCUT2D eigenvalue weighted by Gasteiger charge is 2.36. The average Bonchev–Trinajstić information content (AvgIpc) is 3.02. The van der Waals surface area contributed by atoms with Gasteiger partial charge in [0.2, 0.25) is 0 Å². The minimum absolute atomic E-state index is 0.207. The van der Waals surface area contributed by atoms with Crippen LogP contribution in [0.25, 0.3) is 6.08 Å². The first-order chi connectivity index (χ1) is 15.4. The summed E-state index contributed by atoms with van der Waals surface area (Å²) >= 11 is 16.1. The summed E-state index contributed by atoms with van der Waals surface area (Å²) in [4.78, 5) is 27.1. The molecule has 2 aliphatic rings. The number of rotatable bonds is 6. The molecule has 4 rings (SSSR count). The lowest BCUT2D eigenvalue weighted by Gasteiger charge is -2.25. The largest absolute Gasteiger partial charge is 0.486 e. The van der Waals surface area contributed by atoms with E-state index in [0.29, 0.717) is 45.3 Å². The Morgan fingerprint density at radius 2 is 1.72 bits per heavy atom. The molecule has 8 heteroatoms. The first-order valence-electron chi connectivity index (χ1n) is 10.5. The predicted octanol–water partition coefficient (Wildman–Crippen LogP) is 7.79. The first kappa shape index (κ1) is 23.9. The van der Waals surface area contributed by atoms with Gasteiger partial charge in [-0.1, -0.05) is 54.6 Å². The zero-order chi connectivity index (χ0) is 22.7. The smallest absolute Gasteiger partial charge is 0.293 e. The number of thioether (sulfide) groups is 1. The predicted molar refractivity (Wildman–Crippen MR) is 139 cm³/mol. The van der Waals surface area contributed by atoms with Crippen molar-refractivity contribution in [2.75, 3.05) is 6.54 Å². The Labute approximate surface area is 215 Å². The molecule has 2 aromatic carbocycles. The molecule has 4 nitrogen and oxygen atoms in total. The third-order valence-corrected chi connectivity index (χ3v) is 7.84. The third-order valence-electron chi connectivity index (χ3n) is 5.65. The van der Waals surface area contributed by atoms with Gasteiger partial charge in [-0.25, -0.2) is 0 Å². The molecule has 0 spiro atoms. The Morgan fingerprint density at radius 1 is 1.06 bits per heavy atom. The summed E-state index contributed by atoms with van der Waals surface area (Å²) in [5.41, 5.74) is 1.66. The highest BCUT2D eigenvalue weighted by Crippen LogP contribution is 2.38. The number of carbonyl (C=O) groups excluding carboxylic acids is 2. The van der Waals surface area contributed by atoms with E-state index in [1.165, 1.54) is 24.2 Å². The molecule has 2 amide bonds. The average molecular weight is 602 g/mol. The zero-order valence-electron chi connectivity index (χ0n) is 17.3. The normalized spacial score (nSPS) is 18.6. The van der Waals surface area contributed by atoms with Gasteiger partial charge in [0.05, 0.1) is 15.0 Å². The fourth-order valence-electron chi connectivity index (χ4n) is 3.97. The van der Waals surface area contributed by atoms with Crippen LogP contribution >= 0.6 is 57.6 Å². The molecule has 2 aromatic rings. The van der Waals surface area contributed by atoms with Crippen molar-refractivity contribution < 1.29 is 14.3 Å². The van der Waals surface area contributed by atoms with Crippen molar-refractivity contribution in [3.63, 3.8) is 0 Å². The maximum atomic E-state index is 12.8. The van der Waals surface area contributed by atoms with Gasteiger partial charge < -0.3 is 4.74 Å². The van der Waals surface area contributed by atoms with E-state index in [-0.39, 0.29) is 11.1 Å². The van der Waals surface area contributed by atoms with Crippen molar-refractivity contribution in [1.82, 2.24) is 4.90 Å². The maximum absolute atomic E-state index is 12.8. The van der Waals surface area contributed by atoms with E-state index in [4.69, 9.17) is 27.9 Å². The van der Waals surface area contributed by atoms with Crippen molar-refractivity contribution in [2.24, 2.45) is 5.92 Å². The molecular weight excluding hydrogens is 580 g/mol. The molecule has 0 aromatic heterocycles. The minimum Gasteiger partial charge on any atom is -0.486 e. The van der Waals surface area contributed by atoms with Gasteiger partial charge in [-0.2, -0.15) is 0 Å². The lowest BCUT2D eigenvalue weighted by atomic mass is 9.89. The summed E-state index contributed by atoms with van der Waals surface area (Å²) in [6.07, 6.45) is 7.42. The second-order valence-electron chi connectivity index (χ2n) is 8.03. The minimum atomic E-state index is -0.239. The van der Waals surface area contributed by atoms with Gasteiger partial charge in [0.1, 0.15) is 6.61 Å². The van der Waals surface area contributed by atoms with Gasteiger partial charge in [0.25, 0.3) is 11.1 Å². The van der Waals surface area contributed by atoms with Crippen LogP contribution in [-0.2, 0) is 11.4 Å². The van der Waals surface area contributed by atoms with Crippen LogP contribution in [0.4, 0.5) is 4.79 Å². The van der Waals surface area contributed by atoms with E-state index >= 15 is 0 Å². The van der Waals surface area contributed by atoms with E-state index in [1.807, 2.05) is 24.3 Å². The van der Waals surface area contributed by atoms with Crippen LogP contribution in [0.15, 0.2) is 41.3 Å². The summed E-state index contributed by atoms with van der Waals surface area (Å²) < 4.78 is 6.98. The number of benzene rings is 2. The molecule has 1 saturated heterocycles. The summed E-state index contributed by atoms with van der Waals surface area (Å²) in [5, 5.41) is 0.507. The van der Waals surface area contributed by atoms with Crippen LogP contribution in [0, 0.1) is 9.49 Å². The van der Waals surface area contributed by atoms with Gasteiger partial charge in [0, 0.05) is 10.1 Å². The molecule has 1 aliphatic heterocycles. The van der Waals surface area contributed by atoms with Crippen molar-refractivity contribution in [3.8, 4) is 5.75 Å². The summed E-state index contributed by atoms with van der Waals surface area (Å²) in [6, 6.07) is 11.4. The van der Waals surface area contributed by atoms with Gasteiger partial charge in [0.15, 0.2) is 5.75 Å². The lowest BCUT2D eigenvalue weighted by Crippen LogP contribution is -2.34. The standard InChI is InChI=1S/C24H22Cl2INO3S/c25-19-10-17(11-20(26)22(19)31-14-16-6-8-18(27)9-7-16)12-21-23(29)28(24(30)32-21)13-15-4-2-1-3-5-15/h6-12,15H,1-5,13-14H2/b21-12+. The van der Waals surface area contributed by atoms with Crippen molar-refractivity contribution >= 4 is 74.8 Å². The monoisotopic (exact) mass is 601 g/mol. The fraction of sp³-hybridized carbons (Fsp3) is 0.333. The van der Waals surface area contributed by atoms with Crippen LogP contribution in [0.1, 0.15) is 43.2 Å². The summed E-state index contributed by atoms with van der Waals surface area (Å²) in [7, 11) is 0. The number of ether oxygens (including phenoxy) is 1. The fourth-order valence-corrected chi connectivity index (χ4v) is 5.79. The number of halogens is 3. The van der Waals surface area contributed by atoms with E-state index in [0.717, 1.165) is 33.7 Å². The Bertz CT molecular complexity index is 1030. The molecular formula is C24H22Cl2INO3S. The Hall–Kier alpha value is -1.22. The Balaban J connectivity index is 1.45. The van der Waals surface area contributed by atoms with Gasteiger partial charge in [-0.05, 0) is 94.6 Å². The van der Waals surface area contributed by atoms with Gasteiger partial charge in [-0.15, -0.1) is 0 Å². The van der Waals surface area contributed by atoms with Crippen molar-refractivity contribution in [1.29, 1.82) is 0 Å². The molecule has 1 saturated carbocycles. The molecule has 0 N–H and O–H groups in total. The molecule has 0 bridgehead atoms. The zero-order valence-corrected chi connectivity index (χ0v) is 21.8. The second-order valence-corrected chi connectivity index (χ2v) is 11.1. The molecule has 0 radical (unpaired) electrons. The molecule has 1 aliphatic carbocycles. The van der Waals surface area contributed by atoms with Gasteiger partial charge in [-0.3, -0.25) is 14.5 Å². The number of amides is 2. The third kappa shape index (κ3) is 5.82. The number of imide groups is 1. The number of nitrogens with zero attached hydrogens (tertiary/aromatic N) is 1. The van der Waals surface area contributed by atoms with Crippen LogP contribution in [0.5, 0.6) is 5.75 Å². The van der Waals surface area contributed by atoms with Crippen molar-refractivity contribution in [2.45, 2.75) is 38.7 Å². The van der Waals surface area contributed by atoms with E-state index in [9.17, 15) is 9.59 Å². The van der Waals surface area contributed by atoms with Crippen LogP contribution in [0.3, 0.4) is 0 Å². The molecule has 0 unspecified atom stereocenters. The second kappa shape index (κ2) is 10.8. The highest BCUT2D eigenvalue weighted by molar-refractivity contribution is 14.1. The molecule has 32 heavy (non-hydrogen) atoms. The quantitative estimate of drug-likeness (QED) is 0.250. The summed E-state index contributed by atoms with van der Waals surface area (Å²) in [5.74, 6) is 0.566. The van der Waals surface area contributed by atoms with E-state index in [1.54, 1.807) is 18.2 Å². The highest BCUT2D eigenvalue weighted by atomic mass is 127. The summed E-state index contributed by atoms with van der Waals surface area (Å²) in [6.45, 7) is 0.852. The van der Waals surface area contributed by atoms with Crippen molar-refractivity contribution in [3.05, 3.63) is 66.0 Å². The van der Waals surface area contributed by atoms with E-state index < -0.39 is 0 Å². The van der Waals surface area contributed by atoms with Crippen LogP contribution in [0.2, 0.25) is 10.0 Å². The van der Waals surface area contributed by atoms with Crippen LogP contribution in [-0.4, -0.2) is 22.6 Å². The molecule has 2 fully saturated rings. The molecule has 1 heterocycles. The Morgan fingerprint density at radius 3 is 2.38 bits per heavy atom. The lowest BCUT2D eigenvalue weighted by molar-refractivity contribution is -0.123. The number of hydrogen-bond acceptors (Lipinski definition) is 4. The van der Waals surface area contributed by atoms with E-state index in [2.05, 4.69) is 22.6 Å². The number of carbonyl (C=O) groups is 2.